The number of phosphoric acid groups is 1. The van der Waals surface area contributed by atoms with E-state index < -0.39 is 26.6 Å². The fourth-order valence-electron chi connectivity index (χ4n) is 8.19. The van der Waals surface area contributed by atoms with Crippen LogP contribution in [0.15, 0.2) is 36.5 Å². The molecule has 0 radical (unpaired) electrons. The maximum atomic E-state index is 12.9. The quantitative estimate of drug-likeness (QED) is 0.0272. The number of carbonyl (C=O) groups is 1. The minimum Gasteiger partial charge on any atom is -0.756 e. The van der Waals surface area contributed by atoms with Crippen molar-refractivity contribution in [3.05, 3.63) is 36.5 Å². The van der Waals surface area contributed by atoms with Crippen LogP contribution in [0.4, 0.5) is 0 Å². The maximum Gasteiger partial charge on any atom is 0.268 e. The molecule has 0 rings (SSSR count). The molecule has 0 fully saturated rings. The van der Waals surface area contributed by atoms with Gasteiger partial charge in [0.25, 0.3) is 7.82 Å². The lowest BCUT2D eigenvalue weighted by Gasteiger charge is -2.29. The van der Waals surface area contributed by atoms with Crippen LogP contribution in [0.5, 0.6) is 0 Å². The SMILES string of the molecule is CCCCC/C=C/CC/C=C/CC/C=C/C(O)C(COP(=O)([O-])OCC[N+](C)(C)C)NC(=O)CCCCCCCCCCCCCCCCCCCCCCCCCCCCCCCC. The molecule has 65 heavy (non-hydrogen) atoms. The Balaban J connectivity index is 4.06. The highest BCUT2D eigenvalue weighted by molar-refractivity contribution is 7.45. The van der Waals surface area contributed by atoms with Gasteiger partial charge in [0.05, 0.1) is 39.9 Å². The Labute approximate surface area is 404 Å². The molecule has 3 unspecified atom stereocenters. The van der Waals surface area contributed by atoms with E-state index in [1.54, 1.807) is 6.08 Å². The molecule has 1 amide bonds. The number of likely N-dealkylation sites (N-methyl/N-ethyl adjacent to an activating group) is 1. The van der Waals surface area contributed by atoms with Crippen molar-refractivity contribution in [1.82, 2.24) is 5.32 Å². The number of aliphatic hydroxyl groups excluding tert-OH is 1. The average molecular weight is 937 g/mol. The van der Waals surface area contributed by atoms with Gasteiger partial charge in [0.1, 0.15) is 13.2 Å². The van der Waals surface area contributed by atoms with Crippen molar-refractivity contribution in [3.63, 3.8) is 0 Å². The lowest BCUT2D eigenvalue weighted by Crippen LogP contribution is -2.45. The number of phosphoric ester groups is 1. The van der Waals surface area contributed by atoms with Crippen molar-refractivity contribution in [2.24, 2.45) is 0 Å². The van der Waals surface area contributed by atoms with Crippen LogP contribution < -0.4 is 10.2 Å². The number of unbranched alkanes of at least 4 members (excludes halogenated alkanes) is 34. The lowest BCUT2D eigenvalue weighted by molar-refractivity contribution is -0.870. The highest BCUT2D eigenvalue weighted by Gasteiger charge is 2.23. The van der Waals surface area contributed by atoms with E-state index >= 15 is 0 Å². The van der Waals surface area contributed by atoms with E-state index in [2.05, 4.69) is 43.5 Å². The number of nitrogens with one attached hydrogen (secondary N) is 1. The molecule has 384 valence electrons. The van der Waals surface area contributed by atoms with Gasteiger partial charge < -0.3 is 28.8 Å². The molecule has 0 aliphatic heterocycles. The summed E-state index contributed by atoms with van der Waals surface area (Å²) < 4.78 is 23.2. The molecule has 0 aliphatic carbocycles. The van der Waals surface area contributed by atoms with E-state index in [-0.39, 0.29) is 12.5 Å². The van der Waals surface area contributed by atoms with E-state index in [9.17, 15) is 19.4 Å². The minimum absolute atomic E-state index is 0.00773. The van der Waals surface area contributed by atoms with Gasteiger partial charge in [-0.05, 0) is 44.9 Å². The normalized spacial score (nSPS) is 14.3. The van der Waals surface area contributed by atoms with Gasteiger partial charge in [-0.3, -0.25) is 9.36 Å². The Morgan fingerprint density at radius 1 is 0.523 bits per heavy atom. The standard InChI is InChI=1S/C56H109N2O6P/c1-6-8-10-12-14-16-18-20-21-22-23-24-25-26-27-28-29-30-31-32-33-34-35-36-38-40-42-44-46-48-50-56(60)57-54(53-64-65(61,62)63-52-51-58(3,4)5)55(59)49-47-45-43-41-39-37-19-17-15-13-11-9-7-2/h15,17,39,41,47,49,54-55,59H,6-14,16,18-38,40,42-46,48,50-53H2,1-5H3,(H-,57,60,61,62)/b17-15+,41-39+,49-47+. The number of rotatable bonds is 51. The van der Waals surface area contributed by atoms with Crippen LogP contribution in [0.1, 0.15) is 264 Å². The van der Waals surface area contributed by atoms with Gasteiger partial charge in [-0.1, -0.05) is 249 Å². The Bertz CT molecular complexity index is 1150. The first-order valence-corrected chi connectivity index (χ1v) is 29.3. The molecule has 0 aromatic rings. The van der Waals surface area contributed by atoms with E-state index in [1.165, 1.54) is 193 Å². The van der Waals surface area contributed by atoms with Gasteiger partial charge in [0.2, 0.25) is 5.91 Å². The van der Waals surface area contributed by atoms with E-state index in [1.807, 2.05) is 27.2 Å². The number of amides is 1. The summed E-state index contributed by atoms with van der Waals surface area (Å²) in [7, 11) is 1.24. The molecule has 0 heterocycles. The Morgan fingerprint density at radius 3 is 1.25 bits per heavy atom. The summed E-state index contributed by atoms with van der Waals surface area (Å²) >= 11 is 0. The fourth-order valence-corrected chi connectivity index (χ4v) is 8.91. The molecular weight excluding hydrogens is 828 g/mol. The van der Waals surface area contributed by atoms with Crippen LogP contribution in [0.2, 0.25) is 0 Å². The highest BCUT2D eigenvalue weighted by Crippen LogP contribution is 2.38. The van der Waals surface area contributed by atoms with Crippen LogP contribution >= 0.6 is 7.82 Å². The smallest absolute Gasteiger partial charge is 0.268 e. The zero-order valence-electron chi connectivity index (χ0n) is 43.7. The molecule has 0 aromatic carbocycles. The monoisotopic (exact) mass is 937 g/mol. The van der Waals surface area contributed by atoms with E-state index in [4.69, 9.17) is 9.05 Å². The predicted molar refractivity (Wildman–Crippen MR) is 279 cm³/mol. The molecule has 3 atom stereocenters. The van der Waals surface area contributed by atoms with Crippen LogP contribution in [-0.4, -0.2) is 68.5 Å². The zero-order valence-corrected chi connectivity index (χ0v) is 44.6. The Hall–Kier alpha value is -1.28. The second-order valence-electron chi connectivity index (χ2n) is 20.3. The molecule has 9 heteroatoms. The van der Waals surface area contributed by atoms with Crippen molar-refractivity contribution in [3.8, 4) is 0 Å². The fraction of sp³-hybridized carbons (Fsp3) is 0.875. The second kappa shape index (κ2) is 47.8. The minimum atomic E-state index is -4.60. The average Bonchev–Trinajstić information content (AvgIpc) is 3.26. The first kappa shape index (κ1) is 63.7. The van der Waals surface area contributed by atoms with E-state index in [0.29, 0.717) is 17.4 Å². The summed E-state index contributed by atoms with van der Waals surface area (Å²) in [5.74, 6) is -0.208. The first-order chi connectivity index (χ1) is 31.5. The maximum absolute atomic E-state index is 12.9. The molecule has 0 aliphatic rings. The number of nitrogens with zero attached hydrogens (tertiary/aromatic N) is 1. The highest BCUT2D eigenvalue weighted by atomic mass is 31.2. The summed E-state index contributed by atoms with van der Waals surface area (Å²) in [5.41, 5.74) is 0. The molecule has 2 N–H and O–H groups in total. The Morgan fingerprint density at radius 2 is 0.862 bits per heavy atom. The van der Waals surface area contributed by atoms with E-state index in [0.717, 1.165) is 51.4 Å². The summed E-state index contributed by atoms with van der Waals surface area (Å²) in [6, 6.07) is -0.906. The van der Waals surface area contributed by atoms with Crippen LogP contribution in [0.25, 0.3) is 0 Å². The van der Waals surface area contributed by atoms with Crippen molar-refractivity contribution in [1.29, 1.82) is 0 Å². The summed E-state index contributed by atoms with van der Waals surface area (Å²) in [5, 5.41) is 13.8. The van der Waals surface area contributed by atoms with Gasteiger partial charge in [-0.25, -0.2) is 0 Å². The number of carbonyl (C=O) groups excluding carboxylic acids is 1. The molecule has 0 aromatic heterocycles. The zero-order chi connectivity index (χ0) is 47.8. The largest absolute Gasteiger partial charge is 0.756 e. The first-order valence-electron chi connectivity index (χ1n) is 27.9. The Kier molecular flexibility index (Phi) is 46.8. The third kappa shape index (κ3) is 50.4. The molecular formula is C56H109N2O6P. The third-order valence-electron chi connectivity index (χ3n) is 12.6. The lowest BCUT2D eigenvalue weighted by atomic mass is 10.0. The number of aliphatic hydroxyl groups is 1. The topological polar surface area (TPSA) is 108 Å². The van der Waals surface area contributed by atoms with Gasteiger partial charge in [-0.2, -0.15) is 0 Å². The predicted octanol–water partition coefficient (Wildman–Crippen LogP) is 16.0. The van der Waals surface area contributed by atoms with Crippen LogP contribution in [0, 0.1) is 0 Å². The van der Waals surface area contributed by atoms with Crippen molar-refractivity contribution in [2.45, 2.75) is 276 Å². The van der Waals surface area contributed by atoms with Gasteiger partial charge in [-0.15, -0.1) is 0 Å². The molecule has 0 spiro atoms. The summed E-state index contributed by atoms with van der Waals surface area (Å²) in [6.07, 6.45) is 61.0. The third-order valence-corrected chi connectivity index (χ3v) is 13.5. The molecule has 0 saturated carbocycles. The molecule has 0 bridgehead atoms. The van der Waals surface area contributed by atoms with Gasteiger partial charge in [0.15, 0.2) is 0 Å². The van der Waals surface area contributed by atoms with Gasteiger partial charge >= 0.3 is 0 Å². The summed E-state index contributed by atoms with van der Waals surface area (Å²) in [6.45, 7) is 4.61. The van der Waals surface area contributed by atoms with Crippen LogP contribution in [0.3, 0.4) is 0 Å². The van der Waals surface area contributed by atoms with Crippen molar-refractivity contribution < 1.29 is 32.9 Å². The number of quaternary nitrogens is 1. The number of hydrogen-bond donors (Lipinski definition) is 2. The van der Waals surface area contributed by atoms with Crippen molar-refractivity contribution in [2.75, 3.05) is 40.9 Å². The van der Waals surface area contributed by atoms with Crippen molar-refractivity contribution >= 4 is 13.7 Å². The van der Waals surface area contributed by atoms with Crippen LogP contribution in [-0.2, 0) is 18.4 Å². The second-order valence-corrected chi connectivity index (χ2v) is 21.7. The summed E-state index contributed by atoms with van der Waals surface area (Å²) in [4.78, 5) is 25.4. The number of allylic oxidation sites excluding steroid dienone is 5. The number of hydrogen-bond acceptors (Lipinski definition) is 6. The van der Waals surface area contributed by atoms with Gasteiger partial charge in [0, 0.05) is 6.42 Å². The molecule has 0 saturated heterocycles. The molecule has 8 nitrogen and oxygen atoms in total.